The highest BCUT2D eigenvalue weighted by atomic mass is 15.2. The molecular formula is C56H96N20+4. The molecule has 0 atom stereocenters. The molecule has 0 fully saturated rings. The van der Waals surface area contributed by atoms with Gasteiger partial charge in [-0.3, -0.25) is 4.98 Å². The first-order valence-electron chi connectivity index (χ1n) is 26.4. The molecule has 0 aliphatic rings. The smallest absolute Gasteiger partial charge is 0.322 e. The lowest BCUT2D eigenvalue weighted by Gasteiger charge is -1.96. The van der Waals surface area contributed by atoms with E-state index in [1.807, 2.05) is 279 Å². The van der Waals surface area contributed by atoms with Crippen LogP contribution in [0.2, 0.25) is 0 Å². The maximum Gasteiger partial charge on any atom is 0.434 e. The van der Waals surface area contributed by atoms with E-state index in [1.54, 1.807) is 66.9 Å². The number of nitrogens with zero attached hydrogens (tertiary/aromatic N) is 20. The van der Waals surface area contributed by atoms with Crippen molar-refractivity contribution in [3.8, 4) is 0 Å². The van der Waals surface area contributed by atoms with E-state index in [4.69, 9.17) is 0 Å². The second-order valence-corrected chi connectivity index (χ2v) is 12.8. The maximum atomic E-state index is 4.53. The van der Waals surface area contributed by atoms with E-state index < -0.39 is 0 Å². The highest BCUT2D eigenvalue weighted by molar-refractivity contribution is 5.16. The van der Waals surface area contributed by atoms with Gasteiger partial charge in [-0.25, -0.2) is 28.2 Å². The molecule has 76 heavy (non-hydrogen) atoms. The van der Waals surface area contributed by atoms with Crippen LogP contribution in [0.25, 0.3) is 0 Å². The van der Waals surface area contributed by atoms with Crippen LogP contribution in [-0.4, -0.2) is 58.1 Å². The van der Waals surface area contributed by atoms with Crippen LogP contribution in [0.1, 0.15) is 111 Å². The second-order valence-electron chi connectivity index (χ2n) is 12.8. The molecule has 8 aromatic rings. The van der Waals surface area contributed by atoms with E-state index in [9.17, 15) is 0 Å². The Labute approximate surface area is 455 Å². The zero-order valence-electron chi connectivity index (χ0n) is 50.8. The van der Waals surface area contributed by atoms with Crippen molar-refractivity contribution in [2.75, 3.05) is 0 Å². The summed E-state index contributed by atoms with van der Waals surface area (Å²) in [7, 11) is 15.2. The molecule has 0 N–H and O–H groups in total. The first-order valence-corrected chi connectivity index (χ1v) is 26.4. The van der Waals surface area contributed by atoms with E-state index in [2.05, 4.69) is 59.8 Å². The molecule has 0 saturated carbocycles. The van der Waals surface area contributed by atoms with E-state index in [-0.39, 0.29) is 0 Å². The third-order valence-corrected chi connectivity index (χ3v) is 8.13. The SMILES string of the molecule is CC.CC.CC.CC.CC.CC.CC.CC.Cn1ccccc1=Nc1ccnc[n+]1C.Cn1cccnc1=Nc1ncnc[n+]1C.Cn1ccncc1=Nc1nccc[n+]1C.Cn1cnccc1=Nc1nccc[n+]1C. The molecule has 0 spiro atoms. The Kier molecular flexibility index (Phi) is 49.3. The fourth-order valence-electron chi connectivity index (χ4n) is 4.74. The van der Waals surface area contributed by atoms with Crippen molar-refractivity contribution in [3.05, 3.63) is 170 Å². The number of aromatic nitrogens is 16. The molecule has 8 rings (SSSR count). The van der Waals surface area contributed by atoms with Crippen molar-refractivity contribution in [2.45, 2.75) is 111 Å². The van der Waals surface area contributed by atoms with Gasteiger partial charge in [-0.05, 0) is 28.2 Å². The van der Waals surface area contributed by atoms with Crippen LogP contribution in [0.15, 0.2) is 168 Å². The van der Waals surface area contributed by atoms with Gasteiger partial charge in [0.25, 0.3) is 11.4 Å². The van der Waals surface area contributed by atoms with E-state index in [0.717, 1.165) is 22.3 Å². The van der Waals surface area contributed by atoms with Crippen molar-refractivity contribution in [1.29, 1.82) is 0 Å². The van der Waals surface area contributed by atoms with Crippen LogP contribution >= 0.6 is 0 Å². The maximum absolute atomic E-state index is 4.53. The van der Waals surface area contributed by atoms with Crippen LogP contribution in [-0.2, 0) is 56.4 Å². The Hall–Kier alpha value is -8.16. The lowest BCUT2D eigenvalue weighted by molar-refractivity contribution is -0.664. The Balaban J connectivity index is -0.000000417. The van der Waals surface area contributed by atoms with E-state index in [0.29, 0.717) is 23.5 Å². The number of aryl methyl sites for hydroxylation is 8. The normalized spacial score (nSPS) is 9.89. The van der Waals surface area contributed by atoms with Crippen molar-refractivity contribution in [1.82, 2.24) is 58.1 Å². The summed E-state index contributed by atoms with van der Waals surface area (Å²) in [5.74, 6) is 2.77. The number of hydrogen-bond donors (Lipinski definition) is 0. The van der Waals surface area contributed by atoms with E-state index in [1.165, 1.54) is 6.33 Å². The van der Waals surface area contributed by atoms with Crippen LogP contribution in [0, 0.1) is 0 Å². The number of rotatable bonds is 4. The first kappa shape index (κ1) is 74.4. The summed E-state index contributed by atoms with van der Waals surface area (Å²) in [5.41, 5.74) is 3.11. The Bertz CT molecular complexity index is 2520. The van der Waals surface area contributed by atoms with Gasteiger partial charge in [0.1, 0.15) is 18.6 Å². The van der Waals surface area contributed by atoms with Crippen LogP contribution < -0.4 is 40.3 Å². The van der Waals surface area contributed by atoms with Crippen molar-refractivity contribution >= 4 is 23.7 Å². The highest BCUT2D eigenvalue weighted by Crippen LogP contribution is 1.99. The van der Waals surface area contributed by atoms with Gasteiger partial charge in [0.2, 0.25) is 29.1 Å². The van der Waals surface area contributed by atoms with Crippen molar-refractivity contribution in [3.63, 3.8) is 0 Å². The molecule has 0 aliphatic carbocycles. The monoisotopic (exact) mass is 1050 g/mol. The molecule has 0 aliphatic heterocycles. The summed E-state index contributed by atoms with van der Waals surface area (Å²) < 4.78 is 14.9. The zero-order chi connectivity index (χ0) is 58.7. The largest absolute Gasteiger partial charge is 0.434 e. The molecule has 0 aromatic carbocycles. The second kappa shape index (κ2) is 50.4. The zero-order valence-corrected chi connectivity index (χ0v) is 50.8. The third kappa shape index (κ3) is 30.1. The molecule has 20 heteroatoms. The van der Waals surface area contributed by atoms with Gasteiger partial charge in [0.15, 0.2) is 6.33 Å². The summed E-state index contributed by atoms with van der Waals surface area (Å²) in [5, 5.41) is 0. The van der Waals surface area contributed by atoms with Crippen LogP contribution in [0.5, 0.6) is 0 Å². The van der Waals surface area contributed by atoms with E-state index >= 15 is 0 Å². The molecule has 8 aromatic heterocycles. The predicted molar refractivity (Wildman–Crippen MR) is 306 cm³/mol. The molecule has 0 amide bonds. The molecule has 8 heterocycles. The van der Waals surface area contributed by atoms with Crippen LogP contribution in [0.3, 0.4) is 0 Å². The van der Waals surface area contributed by atoms with Crippen molar-refractivity contribution < 1.29 is 18.3 Å². The molecule has 0 unspecified atom stereocenters. The number of pyridine rings is 1. The lowest BCUT2D eigenvalue weighted by atomic mass is 10.5. The molecule has 0 radical (unpaired) electrons. The fraction of sp³-hybridized carbons (Fsp3) is 0.429. The Morgan fingerprint density at radius 2 is 0.868 bits per heavy atom. The van der Waals surface area contributed by atoms with Gasteiger partial charge in [-0.1, -0.05) is 142 Å². The third-order valence-electron chi connectivity index (χ3n) is 8.13. The molecule has 20 nitrogen and oxygen atoms in total. The standard InChI is InChI=1S/C11H13N4.2C10H12N5.C9H11N6.8C2H6/c1-14-8-4-3-5-10(14)13-11-6-7-12-9-15(11)2;1-14-7-3-5-12-10(14)13-9-4-6-11-8-15(9)2;1-14-7-5-11-8-9(14)13-10-12-4-3-6-15(10)2;1-14-5-3-4-11-8(14)13-9-12-6-10-7-15(9)2;8*1-2/h3-9H,1-2H3;2*3-8H,1-2H3;3-7H,1-2H3;8*1-2H3/q4*+1;;;;;;;;. The Morgan fingerprint density at radius 1 is 0.368 bits per heavy atom. The fourth-order valence-corrected chi connectivity index (χ4v) is 4.74. The minimum atomic E-state index is 0.569. The highest BCUT2D eigenvalue weighted by Gasteiger charge is 2.07. The summed E-state index contributed by atoms with van der Waals surface area (Å²) in [6, 6.07) is 15.2. The van der Waals surface area contributed by atoms with Crippen molar-refractivity contribution in [2.24, 2.45) is 76.4 Å². The first-order chi connectivity index (χ1) is 37.1. The van der Waals surface area contributed by atoms with Gasteiger partial charge < -0.3 is 18.3 Å². The molecule has 416 valence electrons. The Morgan fingerprint density at radius 3 is 1.38 bits per heavy atom. The average molecular weight is 1050 g/mol. The number of hydrogen-bond acceptors (Lipinski definition) is 12. The minimum Gasteiger partial charge on any atom is -0.322 e. The summed E-state index contributed by atoms with van der Waals surface area (Å²) in [4.78, 5) is 50.1. The van der Waals surface area contributed by atoms with Crippen LogP contribution in [0.4, 0.5) is 23.7 Å². The molecule has 0 bridgehead atoms. The summed E-state index contributed by atoms with van der Waals surface area (Å²) in [6.45, 7) is 32.0. The average Bonchev–Trinajstić information content (AvgIpc) is 3.48. The van der Waals surface area contributed by atoms with Gasteiger partial charge in [0, 0.05) is 89.6 Å². The molecule has 0 saturated heterocycles. The predicted octanol–water partition coefficient (Wildman–Crippen LogP) is 7.70. The lowest BCUT2D eigenvalue weighted by Crippen LogP contribution is -2.31. The van der Waals surface area contributed by atoms with Gasteiger partial charge in [0.05, 0.1) is 53.1 Å². The molecular weight excluding hydrogens is 953 g/mol. The van der Waals surface area contributed by atoms with Gasteiger partial charge in [-0.15, -0.1) is 9.97 Å². The topological polar surface area (TPSA) is 188 Å². The van der Waals surface area contributed by atoms with Gasteiger partial charge >= 0.3 is 17.8 Å². The quantitative estimate of drug-likeness (QED) is 0.160. The summed E-state index contributed by atoms with van der Waals surface area (Å²) in [6.07, 6.45) is 28.1. The minimum absolute atomic E-state index is 0.569. The van der Waals surface area contributed by atoms with Gasteiger partial charge in [-0.2, -0.15) is 0 Å². The summed E-state index contributed by atoms with van der Waals surface area (Å²) >= 11 is 0.